The number of benzene rings is 1. The molecule has 0 unspecified atom stereocenters. The highest BCUT2D eigenvalue weighted by Crippen LogP contribution is 2.19. The molecule has 0 spiro atoms. The Bertz CT molecular complexity index is 438. The molecule has 3 nitrogen and oxygen atoms in total. The summed E-state index contributed by atoms with van der Waals surface area (Å²) in [5.74, 6) is -1.25. The molecule has 3 heteroatoms. The third-order valence-corrected chi connectivity index (χ3v) is 2.17. The molecule has 0 saturated carbocycles. The summed E-state index contributed by atoms with van der Waals surface area (Å²) in [5, 5.41) is 0. The summed E-state index contributed by atoms with van der Waals surface area (Å²) in [6.07, 6.45) is 0. The minimum absolute atomic E-state index is 0.184. The fourth-order valence-corrected chi connectivity index (χ4v) is 1.06. The van der Waals surface area contributed by atoms with Gasteiger partial charge in [-0.05, 0) is 26.3 Å². The Hall–Kier alpha value is -1.90. The van der Waals surface area contributed by atoms with Crippen molar-refractivity contribution in [2.45, 2.75) is 20.8 Å². The predicted molar refractivity (Wildman–Crippen MR) is 66.0 cm³/mol. The molecule has 0 fully saturated rings. The Morgan fingerprint density at radius 2 is 1.65 bits per heavy atom. The van der Waals surface area contributed by atoms with Gasteiger partial charge in [-0.3, -0.25) is 4.79 Å². The van der Waals surface area contributed by atoms with Crippen molar-refractivity contribution in [1.82, 2.24) is 0 Å². The molecule has 0 N–H and O–H groups in total. The minimum atomic E-state index is -0.702. The van der Waals surface area contributed by atoms with E-state index in [1.54, 1.807) is 45.0 Å². The molecule has 0 aliphatic carbocycles. The summed E-state index contributed by atoms with van der Waals surface area (Å²) in [6, 6.07) is 8.90. The highest BCUT2D eigenvalue weighted by molar-refractivity contribution is 6.18. The van der Waals surface area contributed by atoms with Crippen LogP contribution in [-0.2, 0) is 14.3 Å². The zero-order valence-corrected chi connectivity index (χ0v) is 10.3. The molecule has 0 aliphatic heterocycles. The van der Waals surface area contributed by atoms with Gasteiger partial charge in [-0.15, -0.1) is 0 Å². The van der Waals surface area contributed by atoms with Gasteiger partial charge in [0, 0.05) is 0 Å². The molecular formula is C14H16O3. The van der Waals surface area contributed by atoms with Crippen LogP contribution in [0.3, 0.4) is 0 Å². The van der Waals surface area contributed by atoms with Crippen LogP contribution in [-0.4, -0.2) is 11.9 Å². The fourth-order valence-electron chi connectivity index (χ4n) is 1.06. The normalized spacial score (nSPS) is 10.8. The Labute approximate surface area is 101 Å². The van der Waals surface area contributed by atoms with Crippen molar-refractivity contribution >= 4 is 17.5 Å². The van der Waals surface area contributed by atoms with Crippen LogP contribution >= 0.6 is 0 Å². The van der Waals surface area contributed by atoms with Gasteiger partial charge in [0.2, 0.25) is 0 Å². The van der Waals surface area contributed by atoms with E-state index in [1.807, 2.05) is 6.07 Å². The van der Waals surface area contributed by atoms with Crippen LogP contribution in [0.1, 0.15) is 26.3 Å². The molecule has 0 amide bonds. The van der Waals surface area contributed by atoms with E-state index in [0.717, 1.165) is 0 Å². The van der Waals surface area contributed by atoms with E-state index >= 15 is 0 Å². The SMILES string of the molecule is C=C(C(=O)OC(=O)C(C)(C)C)c1ccccc1. The highest BCUT2D eigenvalue weighted by atomic mass is 16.6. The van der Waals surface area contributed by atoms with E-state index in [2.05, 4.69) is 6.58 Å². The Morgan fingerprint density at radius 3 is 2.12 bits per heavy atom. The maximum atomic E-state index is 11.7. The predicted octanol–water partition coefficient (Wildman–Crippen LogP) is 2.82. The van der Waals surface area contributed by atoms with Crippen molar-refractivity contribution < 1.29 is 14.3 Å². The molecule has 0 aliphatic rings. The quantitative estimate of drug-likeness (QED) is 0.447. The van der Waals surface area contributed by atoms with Crippen molar-refractivity contribution in [3.8, 4) is 0 Å². The van der Waals surface area contributed by atoms with Gasteiger partial charge >= 0.3 is 11.9 Å². The van der Waals surface area contributed by atoms with Crippen molar-refractivity contribution in [3.63, 3.8) is 0 Å². The third-order valence-electron chi connectivity index (χ3n) is 2.17. The number of ether oxygens (including phenoxy) is 1. The molecule has 0 bridgehead atoms. The monoisotopic (exact) mass is 232 g/mol. The molecular weight excluding hydrogens is 216 g/mol. The standard InChI is InChI=1S/C14H16O3/c1-10(11-8-6-5-7-9-11)12(15)17-13(16)14(2,3)4/h5-9H,1H2,2-4H3. The minimum Gasteiger partial charge on any atom is -0.389 e. The van der Waals surface area contributed by atoms with E-state index in [9.17, 15) is 9.59 Å². The van der Waals surface area contributed by atoms with E-state index in [4.69, 9.17) is 4.74 Å². The molecule has 1 aromatic carbocycles. The lowest BCUT2D eigenvalue weighted by molar-refractivity contribution is -0.161. The average molecular weight is 232 g/mol. The smallest absolute Gasteiger partial charge is 0.345 e. The van der Waals surface area contributed by atoms with Gasteiger partial charge in [-0.25, -0.2) is 4.79 Å². The third kappa shape index (κ3) is 3.55. The molecule has 0 atom stereocenters. The molecule has 0 aromatic heterocycles. The molecule has 1 rings (SSSR count). The summed E-state index contributed by atoms with van der Waals surface area (Å²) in [5.41, 5.74) is 0.134. The fraction of sp³-hybridized carbons (Fsp3) is 0.286. The van der Waals surface area contributed by atoms with Gasteiger partial charge in [0.05, 0.1) is 11.0 Å². The van der Waals surface area contributed by atoms with E-state index in [0.29, 0.717) is 5.56 Å². The largest absolute Gasteiger partial charge is 0.389 e. The summed E-state index contributed by atoms with van der Waals surface area (Å²) >= 11 is 0. The van der Waals surface area contributed by atoms with Crippen molar-refractivity contribution in [2.24, 2.45) is 5.41 Å². The Morgan fingerprint density at radius 1 is 1.12 bits per heavy atom. The first-order chi connectivity index (χ1) is 7.82. The van der Waals surface area contributed by atoms with E-state index < -0.39 is 17.4 Å². The Kier molecular flexibility index (Phi) is 3.84. The van der Waals surface area contributed by atoms with Gasteiger partial charge in [0.15, 0.2) is 0 Å². The number of esters is 2. The Balaban J connectivity index is 2.73. The second kappa shape index (κ2) is 4.95. The first-order valence-electron chi connectivity index (χ1n) is 5.33. The molecule has 90 valence electrons. The number of hydrogen-bond acceptors (Lipinski definition) is 3. The molecule has 0 radical (unpaired) electrons. The van der Waals surface area contributed by atoms with Crippen LogP contribution < -0.4 is 0 Å². The zero-order valence-electron chi connectivity index (χ0n) is 10.3. The van der Waals surface area contributed by atoms with Gasteiger partial charge in [-0.1, -0.05) is 36.9 Å². The highest BCUT2D eigenvalue weighted by Gasteiger charge is 2.26. The van der Waals surface area contributed by atoms with Gasteiger partial charge in [-0.2, -0.15) is 0 Å². The second-order valence-corrected chi connectivity index (χ2v) is 4.77. The van der Waals surface area contributed by atoms with Crippen LogP contribution in [0.2, 0.25) is 0 Å². The van der Waals surface area contributed by atoms with Crippen LogP contribution in [0.4, 0.5) is 0 Å². The number of carbonyl (C=O) groups is 2. The van der Waals surface area contributed by atoms with E-state index in [1.165, 1.54) is 0 Å². The summed E-state index contributed by atoms with van der Waals surface area (Å²) in [7, 11) is 0. The van der Waals surface area contributed by atoms with Gasteiger partial charge < -0.3 is 4.74 Å². The van der Waals surface area contributed by atoms with Gasteiger partial charge in [0.25, 0.3) is 0 Å². The maximum Gasteiger partial charge on any atom is 0.345 e. The second-order valence-electron chi connectivity index (χ2n) is 4.77. The molecule has 17 heavy (non-hydrogen) atoms. The first kappa shape index (κ1) is 13.2. The molecule has 1 aromatic rings. The van der Waals surface area contributed by atoms with Crippen LogP contribution in [0.5, 0.6) is 0 Å². The maximum absolute atomic E-state index is 11.7. The summed E-state index contributed by atoms with van der Waals surface area (Å²) < 4.78 is 4.75. The van der Waals surface area contributed by atoms with Crippen molar-refractivity contribution in [1.29, 1.82) is 0 Å². The topological polar surface area (TPSA) is 43.4 Å². The lowest BCUT2D eigenvalue weighted by Gasteiger charge is -2.15. The van der Waals surface area contributed by atoms with Gasteiger partial charge in [0.1, 0.15) is 0 Å². The summed E-state index contributed by atoms with van der Waals surface area (Å²) in [4.78, 5) is 23.2. The van der Waals surface area contributed by atoms with E-state index in [-0.39, 0.29) is 5.57 Å². The molecule has 0 saturated heterocycles. The lowest BCUT2D eigenvalue weighted by Crippen LogP contribution is -2.26. The van der Waals surface area contributed by atoms with Crippen LogP contribution in [0.15, 0.2) is 36.9 Å². The number of hydrogen-bond donors (Lipinski definition) is 0. The van der Waals surface area contributed by atoms with Crippen molar-refractivity contribution in [3.05, 3.63) is 42.5 Å². The summed E-state index contributed by atoms with van der Waals surface area (Å²) in [6.45, 7) is 8.70. The zero-order chi connectivity index (χ0) is 13.1. The number of carbonyl (C=O) groups excluding carboxylic acids is 2. The lowest BCUT2D eigenvalue weighted by atomic mass is 9.97. The first-order valence-corrected chi connectivity index (χ1v) is 5.33. The van der Waals surface area contributed by atoms with Crippen LogP contribution in [0, 0.1) is 5.41 Å². The number of rotatable bonds is 2. The van der Waals surface area contributed by atoms with Crippen LogP contribution in [0.25, 0.3) is 5.57 Å². The average Bonchev–Trinajstić information content (AvgIpc) is 2.27. The van der Waals surface area contributed by atoms with Crippen molar-refractivity contribution in [2.75, 3.05) is 0 Å². The molecule has 0 heterocycles.